The smallest absolute Gasteiger partial charge is 0.266 e. The summed E-state index contributed by atoms with van der Waals surface area (Å²) in [5, 5.41) is 6.73. The van der Waals surface area contributed by atoms with Crippen molar-refractivity contribution < 1.29 is 14.3 Å². The van der Waals surface area contributed by atoms with Gasteiger partial charge in [-0.3, -0.25) is 9.59 Å². The third kappa shape index (κ3) is 5.49. The molecule has 2 rings (SSSR count). The largest absolute Gasteiger partial charge is 0.493 e. The number of aryl methyl sites for hydroxylation is 1. The minimum absolute atomic E-state index is 0.151. The Kier molecular flexibility index (Phi) is 6.76. The van der Waals surface area contributed by atoms with E-state index < -0.39 is 0 Å². The van der Waals surface area contributed by atoms with Gasteiger partial charge in [-0.05, 0) is 36.3 Å². The highest BCUT2D eigenvalue weighted by Gasteiger charge is 2.03. The number of carbonyl (C=O) groups is 1. The maximum absolute atomic E-state index is 11.8. The molecule has 1 N–H and O–H groups in total. The third-order valence-corrected chi connectivity index (χ3v) is 3.47. The molecule has 25 heavy (non-hydrogen) atoms. The summed E-state index contributed by atoms with van der Waals surface area (Å²) in [4.78, 5) is 23.3. The molecule has 1 heterocycles. The molecular weight excluding hydrogens is 322 g/mol. The zero-order valence-corrected chi connectivity index (χ0v) is 14.3. The van der Waals surface area contributed by atoms with Crippen LogP contribution in [0.3, 0.4) is 0 Å². The highest BCUT2D eigenvalue weighted by molar-refractivity contribution is 5.91. The average Bonchev–Trinajstić information content (AvgIpc) is 2.64. The summed E-state index contributed by atoms with van der Waals surface area (Å²) in [5.74, 6) is 1.03. The topological polar surface area (TPSA) is 82.5 Å². The lowest BCUT2D eigenvalue weighted by molar-refractivity contribution is -0.116. The first-order valence-corrected chi connectivity index (χ1v) is 7.84. The molecule has 1 aromatic heterocycles. The van der Waals surface area contributed by atoms with Gasteiger partial charge in [0.25, 0.3) is 5.56 Å². The predicted octanol–water partition coefficient (Wildman–Crippen LogP) is 1.48. The summed E-state index contributed by atoms with van der Waals surface area (Å²) < 4.78 is 11.8. The molecule has 0 aliphatic carbocycles. The van der Waals surface area contributed by atoms with Crippen LogP contribution in [0.2, 0.25) is 0 Å². The summed E-state index contributed by atoms with van der Waals surface area (Å²) >= 11 is 0. The fraction of sp³-hybridized carbons (Fsp3) is 0.278. The molecule has 0 aliphatic heterocycles. The molecule has 0 spiro atoms. The molecule has 1 amide bonds. The number of amides is 1. The van der Waals surface area contributed by atoms with Gasteiger partial charge in [-0.1, -0.05) is 6.07 Å². The quantitative estimate of drug-likeness (QED) is 0.580. The van der Waals surface area contributed by atoms with E-state index in [1.807, 2.05) is 6.07 Å². The number of aromatic nitrogens is 2. The summed E-state index contributed by atoms with van der Waals surface area (Å²) in [6.45, 7) is 0.914. The minimum atomic E-state index is -0.205. The van der Waals surface area contributed by atoms with Crippen LogP contribution in [-0.4, -0.2) is 36.5 Å². The standard InChI is InChI=1S/C18H21N3O4/c1-24-15-8-6-14(13-16(15)25-2)7-9-17(22)19-10-4-12-21-18(23)5-3-11-20-21/h3,5-9,11,13H,4,10,12H2,1-2H3,(H,19,22)/b9-7+. The van der Waals surface area contributed by atoms with Crippen molar-refractivity contribution in [1.29, 1.82) is 0 Å². The molecule has 132 valence electrons. The third-order valence-electron chi connectivity index (χ3n) is 3.47. The lowest BCUT2D eigenvalue weighted by atomic mass is 10.2. The maximum Gasteiger partial charge on any atom is 0.266 e. The van der Waals surface area contributed by atoms with Crippen LogP contribution in [0.5, 0.6) is 11.5 Å². The van der Waals surface area contributed by atoms with E-state index in [2.05, 4.69) is 10.4 Å². The summed E-state index contributed by atoms with van der Waals surface area (Å²) in [6.07, 6.45) is 5.33. The number of hydrogen-bond acceptors (Lipinski definition) is 5. The fourth-order valence-electron chi connectivity index (χ4n) is 2.18. The van der Waals surface area contributed by atoms with Gasteiger partial charge in [0, 0.05) is 31.4 Å². The second-order valence-corrected chi connectivity index (χ2v) is 5.18. The van der Waals surface area contributed by atoms with Crippen LogP contribution in [0.1, 0.15) is 12.0 Å². The first-order valence-electron chi connectivity index (χ1n) is 7.84. The monoisotopic (exact) mass is 343 g/mol. The lowest BCUT2D eigenvalue weighted by Gasteiger charge is -2.07. The molecule has 2 aromatic rings. The van der Waals surface area contributed by atoms with Crippen molar-refractivity contribution in [2.75, 3.05) is 20.8 Å². The molecule has 0 saturated carbocycles. The Hall–Kier alpha value is -3.09. The van der Waals surface area contributed by atoms with Crippen LogP contribution in [0.4, 0.5) is 0 Å². The van der Waals surface area contributed by atoms with Gasteiger partial charge in [0.05, 0.1) is 14.2 Å². The zero-order valence-electron chi connectivity index (χ0n) is 14.3. The van der Waals surface area contributed by atoms with Crippen molar-refractivity contribution in [1.82, 2.24) is 15.1 Å². The molecule has 0 fully saturated rings. The zero-order chi connectivity index (χ0) is 18.1. The van der Waals surface area contributed by atoms with Crippen LogP contribution in [-0.2, 0) is 11.3 Å². The molecule has 0 unspecified atom stereocenters. The average molecular weight is 343 g/mol. The highest BCUT2D eigenvalue weighted by Crippen LogP contribution is 2.27. The van der Waals surface area contributed by atoms with E-state index in [0.717, 1.165) is 5.56 Å². The Morgan fingerprint density at radius 3 is 2.76 bits per heavy atom. The second-order valence-electron chi connectivity index (χ2n) is 5.18. The molecule has 0 radical (unpaired) electrons. The highest BCUT2D eigenvalue weighted by atomic mass is 16.5. The number of nitrogens with zero attached hydrogens (tertiary/aromatic N) is 2. The molecule has 0 bridgehead atoms. The van der Waals surface area contributed by atoms with Crippen molar-refractivity contribution in [3.05, 3.63) is 58.5 Å². The molecule has 0 saturated heterocycles. The predicted molar refractivity (Wildman–Crippen MR) is 94.7 cm³/mol. The van der Waals surface area contributed by atoms with E-state index in [-0.39, 0.29) is 11.5 Å². The van der Waals surface area contributed by atoms with Gasteiger partial charge < -0.3 is 14.8 Å². The van der Waals surface area contributed by atoms with Crippen molar-refractivity contribution in [2.24, 2.45) is 0 Å². The van der Waals surface area contributed by atoms with Gasteiger partial charge in [0.15, 0.2) is 11.5 Å². The number of methoxy groups -OCH3 is 2. The molecule has 1 aromatic carbocycles. The Bertz CT molecular complexity index is 799. The van der Waals surface area contributed by atoms with Gasteiger partial charge in [-0.25, -0.2) is 4.68 Å². The van der Waals surface area contributed by atoms with Gasteiger partial charge >= 0.3 is 0 Å². The lowest BCUT2D eigenvalue weighted by Crippen LogP contribution is -2.26. The van der Waals surface area contributed by atoms with Crippen molar-refractivity contribution in [3.63, 3.8) is 0 Å². The van der Waals surface area contributed by atoms with Crippen LogP contribution in [0.15, 0.2) is 47.4 Å². The van der Waals surface area contributed by atoms with Crippen molar-refractivity contribution in [2.45, 2.75) is 13.0 Å². The number of benzene rings is 1. The van der Waals surface area contributed by atoms with Crippen LogP contribution < -0.4 is 20.3 Å². The van der Waals surface area contributed by atoms with E-state index >= 15 is 0 Å². The normalized spacial score (nSPS) is 10.6. The molecule has 0 atom stereocenters. The maximum atomic E-state index is 11.8. The molecule has 7 heteroatoms. The van der Waals surface area contributed by atoms with Crippen molar-refractivity contribution >= 4 is 12.0 Å². The van der Waals surface area contributed by atoms with Gasteiger partial charge in [0.2, 0.25) is 5.91 Å². The molecule has 7 nitrogen and oxygen atoms in total. The van der Waals surface area contributed by atoms with Gasteiger partial charge in [0.1, 0.15) is 0 Å². The van der Waals surface area contributed by atoms with Crippen LogP contribution in [0.25, 0.3) is 6.08 Å². The van der Waals surface area contributed by atoms with Crippen LogP contribution >= 0.6 is 0 Å². The summed E-state index contributed by atoms with van der Waals surface area (Å²) in [6, 6.07) is 8.45. The van der Waals surface area contributed by atoms with Crippen LogP contribution in [0, 0.1) is 0 Å². The fourth-order valence-corrected chi connectivity index (χ4v) is 2.18. The second kappa shape index (κ2) is 9.27. The van der Waals surface area contributed by atoms with Gasteiger partial charge in [-0.15, -0.1) is 0 Å². The Balaban J connectivity index is 1.81. The van der Waals surface area contributed by atoms with E-state index in [1.54, 1.807) is 44.7 Å². The van der Waals surface area contributed by atoms with Crippen molar-refractivity contribution in [3.8, 4) is 11.5 Å². The first kappa shape index (κ1) is 18.3. The first-order chi connectivity index (χ1) is 12.1. The van der Waals surface area contributed by atoms with E-state index in [9.17, 15) is 9.59 Å². The molecule has 0 aliphatic rings. The number of ether oxygens (including phenoxy) is 2. The number of hydrogen-bond donors (Lipinski definition) is 1. The summed E-state index contributed by atoms with van der Waals surface area (Å²) in [7, 11) is 3.13. The Morgan fingerprint density at radius 2 is 2.04 bits per heavy atom. The molecular formula is C18H21N3O4. The number of rotatable bonds is 8. The van der Waals surface area contributed by atoms with E-state index in [1.165, 1.54) is 16.8 Å². The minimum Gasteiger partial charge on any atom is -0.493 e. The van der Waals surface area contributed by atoms with E-state index in [4.69, 9.17) is 9.47 Å². The SMILES string of the molecule is COc1ccc(/C=C/C(=O)NCCCn2ncccc2=O)cc1OC. The summed E-state index contributed by atoms with van der Waals surface area (Å²) in [5.41, 5.74) is 0.676. The number of carbonyl (C=O) groups excluding carboxylic acids is 1. The number of nitrogens with one attached hydrogen (secondary N) is 1. The Morgan fingerprint density at radius 1 is 1.24 bits per heavy atom. The van der Waals surface area contributed by atoms with E-state index in [0.29, 0.717) is 31.0 Å². The van der Waals surface area contributed by atoms with Gasteiger partial charge in [-0.2, -0.15) is 5.10 Å². The Labute approximate surface area is 145 Å².